The maximum atomic E-state index is 11.5. The highest BCUT2D eigenvalue weighted by Crippen LogP contribution is 2.05. The Labute approximate surface area is 84.9 Å². The Hall–Kier alpha value is -1.06. The van der Waals surface area contributed by atoms with Gasteiger partial charge in [-0.15, -0.1) is 0 Å². The highest BCUT2D eigenvalue weighted by atomic mass is 16.2. The van der Waals surface area contributed by atoms with Gasteiger partial charge in [-0.25, -0.2) is 0 Å². The maximum Gasteiger partial charge on any atom is 0.242 e. The monoisotopic (exact) mass is 198 g/mol. The van der Waals surface area contributed by atoms with Gasteiger partial charge < -0.3 is 9.80 Å². The van der Waals surface area contributed by atoms with Crippen molar-refractivity contribution in [2.24, 2.45) is 0 Å². The van der Waals surface area contributed by atoms with E-state index in [1.165, 1.54) is 4.90 Å². The lowest BCUT2D eigenvalue weighted by Gasteiger charge is -2.31. The number of rotatable bonds is 4. The van der Waals surface area contributed by atoms with E-state index < -0.39 is 0 Å². The lowest BCUT2D eigenvalue weighted by Crippen LogP contribution is -2.52. The van der Waals surface area contributed by atoms with Gasteiger partial charge in [-0.2, -0.15) is 0 Å². The minimum absolute atomic E-state index is 0.0427. The van der Waals surface area contributed by atoms with E-state index in [0.29, 0.717) is 0 Å². The Bertz CT molecular complexity index is 228. The van der Waals surface area contributed by atoms with E-state index in [-0.39, 0.29) is 24.9 Å². The number of hydrogen-bond acceptors (Lipinski definition) is 2. The second-order valence-electron chi connectivity index (χ2n) is 3.77. The molecular weight excluding hydrogens is 180 g/mol. The van der Waals surface area contributed by atoms with E-state index in [4.69, 9.17) is 0 Å². The summed E-state index contributed by atoms with van der Waals surface area (Å²) in [7, 11) is 1.67. The van der Waals surface area contributed by atoms with Crippen LogP contribution in [0.2, 0.25) is 0 Å². The summed E-state index contributed by atoms with van der Waals surface area (Å²) in [6.45, 7) is 3.35. The first-order valence-corrected chi connectivity index (χ1v) is 5.17. The fraction of sp³-hybridized carbons (Fsp3) is 0.800. The van der Waals surface area contributed by atoms with E-state index >= 15 is 0 Å². The molecule has 1 aliphatic heterocycles. The van der Waals surface area contributed by atoms with E-state index in [9.17, 15) is 9.59 Å². The third kappa shape index (κ3) is 2.72. The summed E-state index contributed by atoms with van der Waals surface area (Å²) in [5.74, 6) is 0.115. The predicted molar refractivity (Wildman–Crippen MR) is 53.7 cm³/mol. The van der Waals surface area contributed by atoms with Crippen LogP contribution in [0.4, 0.5) is 0 Å². The van der Waals surface area contributed by atoms with Crippen molar-refractivity contribution in [2.45, 2.75) is 26.2 Å². The van der Waals surface area contributed by atoms with Gasteiger partial charge in [0.25, 0.3) is 0 Å². The van der Waals surface area contributed by atoms with E-state index in [1.807, 2.05) is 0 Å². The molecule has 1 rings (SSSR count). The quantitative estimate of drug-likeness (QED) is 0.616. The highest BCUT2D eigenvalue weighted by molar-refractivity contribution is 5.92. The molecule has 1 fully saturated rings. The van der Waals surface area contributed by atoms with E-state index in [2.05, 4.69) is 6.92 Å². The van der Waals surface area contributed by atoms with Crippen molar-refractivity contribution in [3.8, 4) is 0 Å². The highest BCUT2D eigenvalue weighted by Gasteiger charge is 2.26. The average Bonchev–Trinajstić information content (AvgIpc) is 2.14. The predicted octanol–water partition coefficient (Wildman–Crippen LogP) is 0.477. The third-order valence-corrected chi connectivity index (χ3v) is 2.51. The first-order valence-electron chi connectivity index (χ1n) is 5.17. The van der Waals surface area contributed by atoms with Crippen molar-refractivity contribution < 1.29 is 9.59 Å². The zero-order valence-corrected chi connectivity index (χ0v) is 8.95. The summed E-state index contributed by atoms with van der Waals surface area (Å²) in [4.78, 5) is 25.9. The molecule has 1 saturated heterocycles. The van der Waals surface area contributed by atoms with Gasteiger partial charge in [0, 0.05) is 13.6 Å². The second-order valence-corrected chi connectivity index (χ2v) is 3.77. The number of piperazine rings is 1. The van der Waals surface area contributed by atoms with Crippen LogP contribution < -0.4 is 0 Å². The Morgan fingerprint density at radius 2 is 1.86 bits per heavy atom. The first kappa shape index (κ1) is 11.0. The van der Waals surface area contributed by atoms with Crippen LogP contribution in [0.15, 0.2) is 0 Å². The normalized spacial score (nSPS) is 17.9. The molecule has 80 valence electrons. The molecule has 2 amide bonds. The van der Waals surface area contributed by atoms with Crippen molar-refractivity contribution >= 4 is 11.8 Å². The first-order chi connectivity index (χ1) is 6.65. The van der Waals surface area contributed by atoms with Crippen molar-refractivity contribution in [1.29, 1.82) is 0 Å². The Morgan fingerprint density at radius 3 is 2.50 bits per heavy atom. The topological polar surface area (TPSA) is 40.6 Å². The molecule has 0 aromatic heterocycles. The van der Waals surface area contributed by atoms with Gasteiger partial charge in [-0.1, -0.05) is 19.8 Å². The molecule has 0 N–H and O–H groups in total. The number of likely N-dealkylation sites (N-methyl/N-ethyl adjacent to an activating group) is 1. The van der Waals surface area contributed by atoms with Crippen LogP contribution in [0.5, 0.6) is 0 Å². The summed E-state index contributed by atoms with van der Waals surface area (Å²) >= 11 is 0. The fourth-order valence-corrected chi connectivity index (χ4v) is 1.52. The minimum atomic E-state index is 0.0427. The number of amides is 2. The molecule has 0 aromatic rings. The van der Waals surface area contributed by atoms with Crippen LogP contribution in [-0.2, 0) is 9.59 Å². The summed E-state index contributed by atoms with van der Waals surface area (Å²) in [6.07, 6.45) is 3.25. The number of nitrogens with zero attached hydrogens (tertiary/aromatic N) is 2. The Morgan fingerprint density at radius 1 is 1.14 bits per heavy atom. The molecule has 4 nitrogen and oxygen atoms in total. The van der Waals surface area contributed by atoms with Crippen LogP contribution in [0.25, 0.3) is 0 Å². The van der Waals surface area contributed by atoms with Gasteiger partial charge in [-0.3, -0.25) is 9.59 Å². The minimum Gasteiger partial charge on any atom is -0.335 e. The molecule has 0 atom stereocenters. The van der Waals surface area contributed by atoms with Gasteiger partial charge in [0.15, 0.2) is 0 Å². The van der Waals surface area contributed by atoms with Gasteiger partial charge in [0.05, 0.1) is 13.1 Å². The molecular formula is C10H18N2O2. The second kappa shape index (κ2) is 4.98. The molecule has 0 unspecified atom stereocenters. The number of carbonyl (C=O) groups is 2. The van der Waals surface area contributed by atoms with Gasteiger partial charge in [-0.05, 0) is 6.42 Å². The van der Waals surface area contributed by atoms with Gasteiger partial charge in [0.1, 0.15) is 0 Å². The molecule has 14 heavy (non-hydrogen) atoms. The largest absolute Gasteiger partial charge is 0.335 e. The molecule has 0 aromatic carbocycles. The summed E-state index contributed by atoms with van der Waals surface area (Å²) in [5.41, 5.74) is 0. The van der Waals surface area contributed by atoms with Gasteiger partial charge >= 0.3 is 0 Å². The smallest absolute Gasteiger partial charge is 0.242 e. The lowest BCUT2D eigenvalue weighted by atomic mass is 10.2. The molecule has 0 spiro atoms. The zero-order chi connectivity index (χ0) is 10.6. The standard InChI is InChI=1S/C10H18N2O2/c1-3-4-5-6-12-8-9(13)11(2)7-10(12)14/h3-8H2,1-2H3. The molecule has 0 saturated carbocycles. The molecule has 0 bridgehead atoms. The van der Waals surface area contributed by atoms with Gasteiger partial charge in [0.2, 0.25) is 11.8 Å². The molecule has 1 heterocycles. The Kier molecular flexibility index (Phi) is 3.92. The van der Waals surface area contributed by atoms with E-state index in [0.717, 1.165) is 25.8 Å². The molecule has 4 heteroatoms. The van der Waals surface area contributed by atoms with Crippen LogP contribution in [0, 0.1) is 0 Å². The summed E-state index contributed by atoms with van der Waals surface area (Å²) < 4.78 is 0. The fourth-order valence-electron chi connectivity index (χ4n) is 1.52. The van der Waals surface area contributed by atoms with Crippen molar-refractivity contribution in [1.82, 2.24) is 9.80 Å². The number of hydrogen-bond donors (Lipinski definition) is 0. The maximum absolute atomic E-state index is 11.5. The molecule has 1 aliphatic rings. The van der Waals surface area contributed by atoms with Crippen molar-refractivity contribution in [3.63, 3.8) is 0 Å². The number of unbranched alkanes of at least 4 members (excludes halogenated alkanes) is 2. The molecule has 0 radical (unpaired) electrons. The van der Waals surface area contributed by atoms with Crippen molar-refractivity contribution in [2.75, 3.05) is 26.7 Å². The van der Waals surface area contributed by atoms with Crippen molar-refractivity contribution in [3.05, 3.63) is 0 Å². The summed E-state index contributed by atoms with van der Waals surface area (Å²) in [5, 5.41) is 0. The average molecular weight is 198 g/mol. The SMILES string of the molecule is CCCCCN1CC(=O)N(C)CC1=O. The van der Waals surface area contributed by atoms with Crippen LogP contribution >= 0.6 is 0 Å². The third-order valence-electron chi connectivity index (χ3n) is 2.51. The summed E-state index contributed by atoms with van der Waals surface area (Å²) in [6, 6.07) is 0. The van der Waals surface area contributed by atoms with E-state index in [1.54, 1.807) is 11.9 Å². The Balaban J connectivity index is 2.37. The van der Waals surface area contributed by atoms with Crippen LogP contribution in [0.1, 0.15) is 26.2 Å². The van der Waals surface area contributed by atoms with Crippen LogP contribution in [-0.4, -0.2) is 48.3 Å². The van der Waals surface area contributed by atoms with Crippen LogP contribution in [0.3, 0.4) is 0 Å². The number of carbonyl (C=O) groups excluding carboxylic acids is 2. The lowest BCUT2D eigenvalue weighted by molar-refractivity contribution is -0.148. The zero-order valence-electron chi connectivity index (χ0n) is 8.95. The molecule has 0 aliphatic carbocycles.